The predicted octanol–water partition coefficient (Wildman–Crippen LogP) is 7.57. The zero-order valence-corrected chi connectivity index (χ0v) is 21.2. The van der Waals surface area contributed by atoms with Gasteiger partial charge in [-0.3, -0.25) is 0 Å². The number of nitrogens with zero attached hydrogens (tertiary/aromatic N) is 1. The van der Waals surface area contributed by atoms with E-state index in [2.05, 4.69) is 0 Å². The van der Waals surface area contributed by atoms with E-state index in [9.17, 15) is 5.21 Å². The van der Waals surface area contributed by atoms with E-state index in [-0.39, 0.29) is 11.8 Å². The number of hydrogen-bond acceptors (Lipinski definition) is 3. The van der Waals surface area contributed by atoms with E-state index in [1.165, 1.54) is 17.9 Å². The highest BCUT2D eigenvalue weighted by molar-refractivity contribution is 5.32. The van der Waals surface area contributed by atoms with Crippen molar-refractivity contribution in [1.29, 1.82) is 0 Å². The van der Waals surface area contributed by atoms with Crippen LogP contribution in [0.2, 0.25) is 0 Å². The van der Waals surface area contributed by atoms with Crippen LogP contribution in [-0.2, 0) is 4.74 Å². The van der Waals surface area contributed by atoms with E-state index < -0.39 is 22.7 Å². The fourth-order valence-corrected chi connectivity index (χ4v) is 7.40. The van der Waals surface area contributed by atoms with E-state index in [1.807, 2.05) is 46.9 Å². The Kier molecular flexibility index (Phi) is 7.25. The van der Waals surface area contributed by atoms with Gasteiger partial charge < -0.3 is 9.94 Å². The lowest BCUT2D eigenvalue weighted by Gasteiger charge is -2.51. The van der Waals surface area contributed by atoms with Gasteiger partial charge in [0.25, 0.3) is 0 Å². The molecule has 1 saturated heterocycles. The van der Waals surface area contributed by atoms with Crippen LogP contribution in [0.5, 0.6) is 0 Å². The van der Waals surface area contributed by atoms with Crippen molar-refractivity contribution in [2.24, 2.45) is 11.8 Å². The summed E-state index contributed by atoms with van der Waals surface area (Å²) in [5.74, 6) is 0.186. The molecule has 0 radical (unpaired) electrons. The number of hydrogen-bond donors (Lipinski definition) is 1. The molecule has 0 bridgehead atoms. The first-order chi connectivity index (χ1) is 15.5. The second-order valence-electron chi connectivity index (χ2n) is 12.3. The van der Waals surface area contributed by atoms with Crippen molar-refractivity contribution in [2.75, 3.05) is 7.11 Å². The smallest absolute Gasteiger partial charge is 0.162 e. The lowest BCUT2D eigenvalue weighted by atomic mass is 9.69. The summed E-state index contributed by atoms with van der Waals surface area (Å²) in [6.45, 7) is 7.85. The molecule has 4 rings (SSSR count). The van der Waals surface area contributed by atoms with Crippen molar-refractivity contribution >= 4 is 0 Å². The fraction of sp³-hybridized carbons (Fsp3) is 0.786. The van der Waals surface area contributed by atoms with E-state index in [4.69, 9.17) is 4.74 Å². The first-order valence-electron chi connectivity index (χ1n) is 13.0. The summed E-state index contributed by atoms with van der Waals surface area (Å²) in [4.78, 5) is 0. The Morgan fingerprint density at radius 3 is 1.64 bits per heavy atom. The lowest BCUT2D eigenvalue weighted by molar-refractivity contribution is -0.245. The highest BCUT2D eigenvalue weighted by atomic mass is 19.2. The zero-order valence-electron chi connectivity index (χ0n) is 21.2. The van der Waals surface area contributed by atoms with Crippen LogP contribution in [0.1, 0.15) is 115 Å². The van der Waals surface area contributed by atoms with Crippen LogP contribution in [-0.4, -0.2) is 34.6 Å². The molecule has 2 aliphatic carbocycles. The number of rotatable bonds is 4. The van der Waals surface area contributed by atoms with Gasteiger partial charge in [-0.2, -0.15) is 5.06 Å². The molecule has 0 spiro atoms. The summed E-state index contributed by atoms with van der Waals surface area (Å²) >= 11 is 0. The van der Waals surface area contributed by atoms with Gasteiger partial charge in [0.1, 0.15) is 0 Å². The molecular weight excluding hydrogens is 420 g/mol. The first-order valence-corrected chi connectivity index (χ1v) is 13.0. The molecule has 1 aromatic rings. The van der Waals surface area contributed by atoms with Crippen molar-refractivity contribution in [3.05, 3.63) is 34.9 Å². The summed E-state index contributed by atoms with van der Waals surface area (Å²) in [7, 11) is 1.81. The maximum absolute atomic E-state index is 15.4. The van der Waals surface area contributed by atoms with E-state index in [1.54, 1.807) is 0 Å². The van der Waals surface area contributed by atoms with Gasteiger partial charge in [-0.1, -0.05) is 12.1 Å². The molecule has 1 heterocycles. The third kappa shape index (κ3) is 5.01. The van der Waals surface area contributed by atoms with Gasteiger partial charge >= 0.3 is 0 Å². The van der Waals surface area contributed by atoms with Crippen molar-refractivity contribution < 1.29 is 18.7 Å². The number of piperidine rings is 1. The molecule has 3 nitrogen and oxygen atoms in total. The van der Waals surface area contributed by atoms with Gasteiger partial charge in [-0.15, -0.1) is 0 Å². The van der Waals surface area contributed by atoms with Gasteiger partial charge in [-0.05, 0) is 127 Å². The van der Waals surface area contributed by atoms with Crippen LogP contribution < -0.4 is 0 Å². The number of benzene rings is 1. The molecule has 1 N–H and O–H groups in total. The standard InChI is InChI=1S/C28H43F2NO2/c1-27(2)16-21(17-28(3,4)31(27)32)24-15-14-23(25(29)26(24)30)20-8-6-18(7-9-20)19-10-12-22(33-5)13-11-19/h14-15,18-22,32H,6-13,16-17H2,1-5H3. The maximum Gasteiger partial charge on any atom is 0.162 e. The summed E-state index contributed by atoms with van der Waals surface area (Å²) < 4.78 is 36.2. The molecule has 3 fully saturated rings. The second kappa shape index (κ2) is 9.54. The molecule has 0 aromatic heterocycles. The van der Waals surface area contributed by atoms with E-state index in [0.29, 0.717) is 30.1 Å². The van der Waals surface area contributed by atoms with Gasteiger partial charge in [-0.25, -0.2) is 8.78 Å². The normalized spacial score (nSPS) is 33.2. The number of halogens is 2. The largest absolute Gasteiger partial charge is 0.381 e. The van der Waals surface area contributed by atoms with Crippen molar-refractivity contribution in [1.82, 2.24) is 5.06 Å². The molecule has 3 aliphatic rings. The van der Waals surface area contributed by atoms with Crippen LogP contribution in [0.3, 0.4) is 0 Å². The van der Waals surface area contributed by atoms with Crippen molar-refractivity contribution in [2.45, 2.75) is 121 Å². The Hall–Kier alpha value is -1.04. The Morgan fingerprint density at radius 1 is 0.758 bits per heavy atom. The minimum Gasteiger partial charge on any atom is -0.381 e. The van der Waals surface area contributed by atoms with Gasteiger partial charge in [0.05, 0.1) is 6.10 Å². The van der Waals surface area contributed by atoms with Crippen LogP contribution >= 0.6 is 0 Å². The molecule has 1 aromatic carbocycles. The number of methoxy groups -OCH3 is 1. The Labute approximate surface area is 198 Å². The maximum atomic E-state index is 15.4. The van der Waals surface area contributed by atoms with Gasteiger partial charge in [0.2, 0.25) is 0 Å². The van der Waals surface area contributed by atoms with Crippen molar-refractivity contribution in [3.8, 4) is 0 Å². The molecular formula is C28H43F2NO2. The number of ether oxygens (including phenoxy) is 1. The molecule has 1 aliphatic heterocycles. The Balaban J connectivity index is 1.43. The average Bonchev–Trinajstić information content (AvgIpc) is 2.79. The van der Waals surface area contributed by atoms with Crippen LogP contribution in [0, 0.1) is 23.5 Å². The third-order valence-electron chi connectivity index (χ3n) is 9.15. The quantitative estimate of drug-likeness (QED) is 0.500. The first kappa shape index (κ1) is 25.1. The molecule has 5 heteroatoms. The lowest BCUT2D eigenvalue weighted by Crippen LogP contribution is -2.58. The second-order valence-corrected chi connectivity index (χ2v) is 12.3. The monoisotopic (exact) mass is 463 g/mol. The predicted molar refractivity (Wildman–Crippen MR) is 128 cm³/mol. The Morgan fingerprint density at radius 2 is 1.18 bits per heavy atom. The van der Waals surface area contributed by atoms with Gasteiger partial charge in [0, 0.05) is 18.2 Å². The van der Waals surface area contributed by atoms with E-state index >= 15 is 8.78 Å². The van der Waals surface area contributed by atoms with E-state index in [0.717, 1.165) is 50.4 Å². The Bertz CT molecular complexity index is 805. The zero-order chi connectivity index (χ0) is 24.0. The van der Waals surface area contributed by atoms with Gasteiger partial charge in [0.15, 0.2) is 11.6 Å². The molecule has 0 unspecified atom stereocenters. The van der Waals surface area contributed by atoms with Crippen LogP contribution in [0.4, 0.5) is 8.78 Å². The minimum atomic E-state index is -0.671. The summed E-state index contributed by atoms with van der Waals surface area (Å²) in [5.41, 5.74) is 0.0498. The number of hydroxylamine groups is 2. The van der Waals surface area contributed by atoms with Crippen LogP contribution in [0.15, 0.2) is 12.1 Å². The highest BCUT2D eigenvalue weighted by Crippen LogP contribution is 2.47. The molecule has 0 amide bonds. The van der Waals surface area contributed by atoms with Crippen molar-refractivity contribution in [3.63, 3.8) is 0 Å². The summed E-state index contributed by atoms with van der Waals surface area (Å²) in [6.07, 6.45) is 10.6. The molecule has 33 heavy (non-hydrogen) atoms. The molecule has 2 saturated carbocycles. The fourth-order valence-electron chi connectivity index (χ4n) is 7.40. The summed E-state index contributed by atoms with van der Waals surface area (Å²) in [6, 6.07) is 3.68. The van der Waals surface area contributed by atoms with Crippen LogP contribution in [0.25, 0.3) is 0 Å². The third-order valence-corrected chi connectivity index (χ3v) is 9.15. The molecule has 0 atom stereocenters. The minimum absolute atomic E-state index is 0.111. The topological polar surface area (TPSA) is 32.7 Å². The summed E-state index contributed by atoms with van der Waals surface area (Å²) in [5, 5.41) is 12.0. The SMILES string of the molecule is COC1CCC(C2CCC(c3ccc(C4CC(C)(C)N(O)C(C)(C)C4)c(F)c3F)CC2)CC1. The molecule has 186 valence electrons. The highest BCUT2D eigenvalue weighted by Gasteiger charge is 2.46. The average molecular weight is 464 g/mol.